The van der Waals surface area contributed by atoms with Crippen molar-refractivity contribution in [2.24, 2.45) is 0 Å². The van der Waals surface area contributed by atoms with E-state index >= 15 is 0 Å². The molecule has 0 unspecified atom stereocenters. The first kappa shape index (κ1) is 11.2. The molecule has 0 saturated carbocycles. The standard InChI is InChI=1S/C11H8Cl2N2O/c1-7-2-3-8(12)9(4-7)16-11-5-10(13)14-6-15-11/h2-6H,1H3. The van der Waals surface area contributed by atoms with Crippen LogP contribution in [0, 0.1) is 6.92 Å². The minimum atomic E-state index is 0.328. The average Bonchev–Trinajstić information content (AvgIpc) is 2.24. The van der Waals surface area contributed by atoms with Gasteiger partial charge < -0.3 is 4.74 Å². The van der Waals surface area contributed by atoms with Crippen molar-refractivity contribution in [3.8, 4) is 11.6 Å². The highest BCUT2D eigenvalue weighted by molar-refractivity contribution is 6.32. The van der Waals surface area contributed by atoms with Gasteiger partial charge in [0.1, 0.15) is 17.2 Å². The number of nitrogens with zero attached hydrogens (tertiary/aromatic N) is 2. The van der Waals surface area contributed by atoms with E-state index in [1.807, 2.05) is 19.1 Å². The lowest BCUT2D eigenvalue weighted by Crippen LogP contribution is -1.90. The Labute approximate surface area is 103 Å². The molecule has 0 aliphatic carbocycles. The largest absolute Gasteiger partial charge is 0.437 e. The first-order valence-electron chi connectivity index (χ1n) is 4.57. The van der Waals surface area contributed by atoms with Gasteiger partial charge in [-0.2, -0.15) is 0 Å². The molecule has 5 heteroatoms. The van der Waals surface area contributed by atoms with E-state index in [0.29, 0.717) is 21.8 Å². The Morgan fingerprint density at radius 3 is 2.69 bits per heavy atom. The number of hydrogen-bond donors (Lipinski definition) is 0. The molecule has 0 fully saturated rings. The van der Waals surface area contributed by atoms with Crippen LogP contribution in [-0.2, 0) is 0 Å². The minimum Gasteiger partial charge on any atom is -0.437 e. The Morgan fingerprint density at radius 1 is 1.12 bits per heavy atom. The Bertz CT molecular complexity index is 517. The third-order valence-electron chi connectivity index (χ3n) is 1.91. The summed E-state index contributed by atoms with van der Waals surface area (Å²) in [5.41, 5.74) is 1.06. The van der Waals surface area contributed by atoms with Gasteiger partial charge in [0.25, 0.3) is 0 Å². The van der Waals surface area contributed by atoms with Crippen LogP contribution in [0.15, 0.2) is 30.6 Å². The lowest BCUT2D eigenvalue weighted by atomic mass is 10.2. The number of benzene rings is 1. The predicted octanol–water partition coefficient (Wildman–Crippen LogP) is 3.88. The van der Waals surface area contributed by atoms with Gasteiger partial charge in [-0.15, -0.1) is 0 Å². The average molecular weight is 255 g/mol. The maximum absolute atomic E-state index is 5.98. The quantitative estimate of drug-likeness (QED) is 0.763. The van der Waals surface area contributed by atoms with Gasteiger partial charge in [0.05, 0.1) is 5.02 Å². The first-order chi connectivity index (χ1) is 7.65. The summed E-state index contributed by atoms with van der Waals surface area (Å²) in [7, 11) is 0. The van der Waals surface area contributed by atoms with Crippen molar-refractivity contribution in [2.75, 3.05) is 0 Å². The molecule has 1 aromatic heterocycles. The molecule has 2 rings (SSSR count). The Morgan fingerprint density at radius 2 is 1.94 bits per heavy atom. The molecule has 16 heavy (non-hydrogen) atoms. The fraction of sp³-hybridized carbons (Fsp3) is 0.0909. The Hall–Kier alpha value is -1.32. The molecular weight excluding hydrogens is 247 g/mol. The molecule has 0 amide bonds. The smallest absolute Gasteiger partial charge is 0.223 e. The molecule has 82 valence electrons. The van der Waals surface area contributed by atoms with Crippen molar-refractivity contribution in [3.05, 3.63) is 46.3 Å². The summed E-state index contributed by atoms with van der Waals surface area (Å²) in [6, 6.07) is 7.04. The summed E-state index contributed by atoms with van der Waals surface area (Å²) >= 11 is 11.7. The van der Waals surface area contributed by atoms with Gasteiger partial charge >= 0.3 is 0 Å². The van der Waals surface area contributed by atoms with E-state index in [-0.39, 0.29) is 0 Å². The zero-order chi connectivity index (χ0) is 11.5. The summed E-state index contributed by atoms with van der Waals surface area (Å²) in [5.74, 6) is 0.920. The highest BCUT2D eigenvalue weighted by atomic mass is 35.5. The van der Waals surface area contributed by atoms with Crippen molar-refractivity contribution in [1.82, 2.24) is 9.97 Å². The summed E-state index contributed by atoms with van der Waals surface area (Å²) in [5, 5.41) is 0.856. The van der Waals surface area contributed by atoms with Crippen LogP contribution < -0.4 is 4.74 Å². The fourth-order valence-corrected chi connectivity index (χ4v) is 1.47. The van der Waals surface area contributed by atoms with Gasteiger partial charge in [0.15, 0.2) is 0 Å². The van der Waals surface area contributed by atoms with Crippen molar-refractivity contribution in [3.63, 3.8) is 0 Å². The molecule has 0 aliphatic rings. The molecule has 0 atom stereocenters. The maximum atomic E-state index is 5.98. The zero-order valence-electron chi connectivity index (χ0n) is 8.45. The Kier molecular flexibility index (Phi) is 3.27. The van der Waals surface area contributed by atoms with Crippen LogP contribution in [0.1, 0.15) is 5.56 Å². The van der Waals surface area contributed by atoms with Gasteiger partial charge in [0, 0.05) is 6.07 Å². The van der Waals surface area contributed by atoms with Crippen molar-refractivity contribution < 1.29 is 4.74 Å². The fourth-order valence-electron chi connectivity index (χ4n) is 1.17. The van der Waals surface area contributed by atoms with E-state index in [1.54, 1.807) is 6.07 Å². The number of rotatable bonds is 2. The summed E-state index contributed by atoms with van der Waals surface area (Å²) in [6.45, 7) is 1.95. The van der Waals surface area contributed by atoms with Gasteiger partial charge in [0.2, 0.25) is 5.88 Å². The van der Waals surface area contributed by atoms with Crippen LogP contribution in [0.25, 0.3) is 0 Å². The van der Waals surface area contributed by atoms with Crippen molar-refractivity contribution in [1.29, 1.82) is 0 Å². The monoisotopic (exact) mass is 254 g/mol. The third-order valence-corrected chi connectivity index (χ3v) is 2.43. The van der Waals surface area contributed by atoms with Crippen LogP contribution in [0.5, 0.6) is 11.6 Å². The third kappa shape index (κ3) is 2.62. The summed E-state index contributed by atoms with van der Waals surface area (Å²) in [4.78, 5) is 7.69. The van der Waals surface area contributed by atoms with Gasteiger partial charge in [-0.05, 0) is 24.6 Å². The Balaban J connectivity index is 2.30. The van der Waals surface area contributed by atoms with Crippen LogP contribution in [0.3, 0.4) is 0 Å². The van der Waals surface area contributed by atoms with Crippen LogP contribution in [-0.4, -0.2) is 9.97 Å². The molecule has 0 aliphatic heterocycles. The number of halogens is 2. The second-order valence-electron chi connectivity index (χ2n) is 3.21. The molecule has 0 N–H and O–H groups in total. The molecule has 3 nitrogen and oxygen atoms in total. The first-order valence-corrected chi connectivity index (χ1v) is 5.32. The topological polar surface area (TPSA) is 35.0 Å². The molecule has 1 heterocycles. The minimum absolute atomic E-state index is 0.328. The highest BCUT2D eigenvalue weighted by Crippen LogP contribution is 2.29. The summed E-state index contributed by atoms with van der Waals surface area (Å²) < 4.78 is 5.50. The summed E-state index contributed by atoms with van der Waals surface area (Å²) in [6.07, 6.45) is 1.33. The molecule has 0 spiro atoms. The molecular formula is C11H8Cl2N2O. The molecule has 0 bridgehead atoms. The SMILES string of the molecule is Cc1ccc(Cl)c(Oc2cc(Cl)ncn2)c1. The number of aryl methyl sites for hydroxylation is 1. The second-order valence-corrected chi connectivity index (χ2v) is 4.01. The zero-order valence-corrected chi connectivity index (χ0v) is 9.96. The molecule has 0 saturated heterocycles. The van der Waals surface area contributed by atoms with Gasteiger partial charge in [-0.1, -0.05) is 29.3 Å². The lowest BCUT2D eigenvalue weighted by Gasteiger charge is -2.07. The number of ether oxygens (including phenoxy) is 1. The number of aromatic nitrogens is 2. The predicted molar refractivity (Wildman–Crippen MR) is 63.3 cm³/mol. The van der Waals surface area contributed by atoms with Crippen LogP contribution in [0.4, 0.5) is 0 Å². The van der Waals surface area contributed by atoms with Crippen molar-refractivity contribution in [2.45, 2.75) is 6.92 Å². The van der Waals surface area contributed by atoms with E-state index < -0.39 is 0 Å². The molecule has 1 aromatic carbocycles. The van der Waals surface area contributed by atoms with Gasteiger partial charge in [-0.25, -0.2) is 9.97 Å². The van der Waals surface area contributed by atoms with E-state index in [1.165, 1.54) is 12.4 Å². The second kappa shape index (κ2) is 4.68. The van der Waals surface area contributed by atoms with Crippen LogP contribution >= 0.6 is 23.2 Å². The van der Waals surface area contributed by atoms with E-state index in [2.05, 4.69) is 9.97 Å². The lowest BCUT2D eigenvalue weighted by molar-refractivity contribution is 0.461. The van der Waals surface area contributed by atoms with E-state index in [4.69, 9.17) is 27.9 Å². The van der Waals surface area contributed by atoms with Gasteiger partial charge in [-0.3, -0.25) is 0 Å². The molecule has 2 aromatic rings. The number of hydrogen-bond acceptors (Lipinski definition) is 3. The van der Waals surface area contributed by atoms with E-state index in [9.17, 15) is 0 Å². The maximum Gasteiger partial charge on any atom is 0.223 e. The van der Waals surface area contributed by atoms with Crippen LogP contribution in [0.2, 0.25) is 10.2 Å². The van der Waals surface area contributed by atoms with Crippen molar-refractivity contribution >= 4 is 23.2 Å². The molecule has 0 radical (unpaired) electrons. The van der Waals surface area contributed by atoms with E-state index in [0.717, 1.165) is 5.56 Å². The normalized spacial score (nSPS) is 10.2. The highest BCUT2D eigenvalue weighted by Gasteiger charge is 2.05.